The molecule has 0 spiro atoms. The van der Waals surface area contributed by atoms with Gasteiger partial charge in [0.05, 0.1) is 6.61 Å². The second-order valence-electron chi connectivity index (χ2n) is 10.6. The minimum atomic E-state index is -0.0475. The van der Waals surface area contributed by atoms with Crippen LogP contribution in [0.2, 0.25) is 0 Å². The van der Waals surface area contributed by atoms with Crippen molar-refractivity contribution in [3.8, 4) is 5.75 Å². The van der Waals surface area contributed by atoms with Gasteiger partial charge >= 0.3 is 5.97 Å². The molecule has 1 N–H and O–H groups in total. The fourth-order valence-electron chi connectivity index (χ4n) is 5.01. The van der Waals surface area contributed by atoms with Crippen LogP contribution in [0.3, 0.4) is 0 Å². The number of esters is 1. The molecule has 0 saturated heterocycles. The number of phenolic OH excluding ortho intramolecular Hbond substituents is 1. The Kier molecular flexibility index (Phi) is 19.6. The molecule has 0 aromatic heterocycles. The molecule has 2 unspecified atom stereocenters. The van der Waals surface area contributed by atoms with Gasteiger partial charge in [-0.25, -0.2) is 0 Å². The lowest BCUT2D eigenvalue weighted by Gasteiger charge is -2.19. The smallest absolute Gasteiger partial charge is 0.305 e. The number of carbonyl (C=O) groups is 1. The molecule has 35 heavy (non-hydrogen) atoms. The Balaban J connectivity index is 2.31. The zero-order chi connectivity index (χ0) is 25.6. The number of ether oxygens (including phenoxy) is 1. The molecule has 3 heteroatoms. The Hall–Kier alpha value is -1.51. The molecular weight excluding hydrogens is 432 g/mol. The Bertz CT molecular complexity index is 627. The third-order valence-electron chi connectivity index (χ3n) is 7.49. The van der Waals surface area contributed by atoms with Crippen molar-refractivity contribution < 1.29 is 14.6 Å². The van der Waals surface area contributed by atoms with Crippen molar-refractivity contribution in [3.05, 3.63) is 29.8 Å². The minimum absolute atomic E-state index is 0.0475. The zero-order valence-corrected chi connectivity index (χ0v) is 23.4. The van der Waals surface area contributed by atoms with Gasteiger partial charge in [-0.05, 0) is 49.1 Å². The van der Waals surface area contributed by atoms with E-state index in [1.54, 1.807) is 6.07 Å². The number of carbonyl (C=O) groups excluding carboxylic acids is 1. The zero-order valence-electron chi connectivity index (χ0n) is 23.4. The summed E-state index contributed by atoms with van der Waals surface area (Å²) in [7, 11) is 0. The summed E-state index contributed by atoms with van der Waals surface area (Å²) in [6.07, 6.45) is 22.6. The first-order valence-electron chi connectivity index (χ1n) is 15.1. The number of hydrogen-bond donors (Lipinski definition) is 1. The number of phenols is 1. The van der Waals surface area contributed by atoms with Gasteiger partial charge in [-0.15, -0.1) is 0 Å². The van der Waals surface area contributed by atoms with Gasteiger partial charge in [-0.3, -0.25) is 4.79 Å². The van der Waals surface area contributed by atoms with Gasteiger partial charge < -0.3 is 9.84 Å². The van der Waals surface area contributed by atoms with E-state index >= 15 is 0 Å². The second-order valence-corrected chi connectivity index (χ2v) is 10.6. The summed E-state index contributed by atoms with van der Waals surface area (Å²) in [5.41, 5.74) is 1.08. The molecule has 0 fully saturated rings. The highest BCUT2D eigenvalue weighted by atomic mass is 16.5. The molecule has 0 saturated carbocycles. The van der Waals surface area contributed by atoms with Crippen LogP contribution in [0, 0.1) is 5.92 Å². The first-order chi connectivity index (χ1) is 17.1. The van der Waals surface area contributed by atoms with Crippen molar-refractivity contribution >= 4 is 5.97 Å². The summed E-state index contributed by atoms with van der Waals surface area (Å²) in [5.74, 6) is 1.25. The normalized spacial score (nSPS) is 13.0. The van der Waals surface area contributed by atoms with Crippen molar-refractivity contribution in [2.45, 2.75) is 149 Å². The van der Waals surface area contributed by atoms with E-state index in [1.165, 1.54) is 77.0 Å². The maximum atomic E-state index is 12.2. The molecule has 2 atom stereocenters. The Morgan fingerprint density at radius 2 is 1.31 bits per heavy atom. The molecule has 1 rings (SSSR count). The van der Waals surface area contributed by atoms with Crippen molar-refractivity contribution in [1.82, 2.24) is 0 Å². The van der Waals surface area contributed by atoms with Gasteiger partial charge in [-0.1, -0.05) is 129 Å². The Labute approximate surface area is 217 Å². The SMILES string of the molecule is CCCCCCCCCCCCC(CCCCC(=O)OCC(CC)CCCC)c1ccccc1O. The monoisotopic (exact) mass is 488 g/mol. The second kappa shape index (κ2) is 21.7. The number of aromatic hydroxyl groups is 1. The van der Waals surface area contributed by atoms with Gasteiger partial charge in [0.25, 0.3) is 0 Å². The van der Waals surface area contributed by atoms with E-state index in [-0.39, 0.29) is 5.97 Å². The lowest BCUT2D eigenvalue weighted by molar-refractivity contribution is -0.145. The molecule has 1 aromatic carbocycles. The summed E-state index contributed by atoms with van der Waals surface area (Å²) < 4.78 is 5.56. The highest BCUT2D eigenvalue weighted by Crippen LogP contribution is 2.34. The molecule has 202 valence electrons. The van der Waals surface area contributed by atoms with Gasteiger partial charge in [0.2, 0.25) is 0 Å². The van der Waals surface area contributed by atoms with Crippen molar-refractivity contribution in [3.63, 3.8) is 0 Å². The van der Waals surface area contributed by atoms with E-state index in [2.05, 4.69) is 26.8 Å². The van der Waals surface area contributed by atoms with E-state index in [0.717, 1.165) is 44.1 Å². The van der Waals surface area contributed by atoms with Crippen LogP contribution in [0.25, 0.3) is 0 Å². The molecule has 3 nitrogen and oxygen atoms in total. The molecule has 1 aromatic rings. The summed E-state index contributed by atoms with van der Waals surface area (Å²) in [6.45, 7) is 7.24. The third kappa shape index (κ3) is 16.0. The number of benzene rings is 1. The largest absolute Gasteiger partial charge is 0.508 e. The van der Waals surface area contributed by atoms with Gasteiger partial charge in [0, 0.05) is 6.42 Å². The first kappa shape index (κ1) is 31.5. The maximum Gasteiger partial charge on any atom is 0.305 e. The number of unbranched alkanes of at least 4 members (excludes halogenated alkanes) is 11. The van der Waals surface area contributed by atoms with E-state index in [0.29, 0.717) is 30.6 Å². The molecule has 0 radical (unpaired) electrons. The standard InChI is InChI=1S/C32H56O3/c1-4-7-9-10-11-12-13-14-15-16-22-29(30-24-18-19-25-31(30)33)23-17-20-26-32(34)35-27-28(6-3)21-8-5-2/h18-19,24-25,28-29,33H,4-17,20-23,26-27H2,1-3H3. The fraction of sp³-hybridized carbons (Fsp3) is 0.781. The number of rotatable bonds is 23. The van der Waals surface area contributed by atoms with Gasteiger partial charge in [0.15, 0.2) is 0 Å². The lowest BCUT2D eigenvalue weighted by Crippen LogP contribution is -2.13. The molecule has 0 heterocycles. The fourth-order valence-corrected chi connectivity index (χ4v) is 5.01. The van der Waals surface area contributed by atoms with Crippen LogP contribution in [0.1, 0.15) is 154 Å². The average Bonchev–Trinajstić information content (AvgIpc) is 2.87. The van der Waals surface area contributed by atoms with E-state index in [4.69, 9.17) is 4.74 Å². The lowest BCUT2D eigenvalue weighted by atomic mass is 9.87. The summed E-state index contributed by atoms with van der Waals surface area (Å²) in [4.78, 5) is 12.2. The third-order valence-corrected chi connectivity index (χ3v) is 7.49. The number of para-hydroxylation sites is 1. The Morgan fingerprint density at radius 1 is 0.743 bits per heavy atom. The van der Waals surface area contributed by atoms with Crippen LogP contribution in [0.15, 0.2) is 24.3 Å². The van der Waals surface area contributed by atoms with Crippen LogP contribution >= 0.6 is 0 Å². The minimum Gasteiger partial charge on any atom is -0.508 e. The van der Waals surface area contributed by atoms with Gasteiger partial charge in [-0.2, -0.15) is 0 Å². The van der Waals surface area contributed by atoms with E-state index in [1.807, 2.05) is 12.1 Å². The summed E-state index contributed by atoms with van der Waals surface area (Å²) >= 11 is 0. The average molecular weight is 489 g/mol. The topological polar surface area (TPSA) is 46.5 Å². The summed E-state index contributed by atoms with van der Waals surface area (Å²) in [5, 5.41) is 10.4. The summed E-state index contributed by atoms with van der Waals surface area (Å²) in [6, 6.07) is 7.81. The van der Waals surface area contributed by atoms with E-state index in [9.17, 15) is 9.90 Å². The molecule has 0 bridgehead atoms. The molecule has 0 aliphatic heterocycles. The number of hydrogen-bond acceptors (Lipinski definition) is 3. The molecule has 0 aliphatic carbocycles. The van der Waals surface area contributed by atoms with Crippen LogP contribution in [-0.4, -0.2) is 17.7 Å². The van der Waals surface area contributed by atoms with Crippen LogP contribution < -0.4 is 0 Å². The highest BCUT2D eigenvalue weighted by Gasteiger charge is 2.16. The maximum absolute atomic E-state index is 12.2. The van der Waals surface area contributed by atoms with Crippen LogP contribution in [0.4, 0.5) is 0 Å². The van der Waals surface area contributed by atoms with Crippen molar-refractivity contribution in [1.29, 1.82) is 0 Å². The molecular formula is C32H56O3. The van der Waals surface area contributed by atoms with Crippen LogP contribution in [0.5, 0.6) is 5.75 Å². The highest BCUT2D eigenvalue weighted by molar-refractivity contribution is 5.69. The molecule has 0 amide bonds. The van der Waals surface area contributed by atoms with Crippen LogP contribution in [-0.2, 0) is 9.53 Å². The van der Waals surface area contributed by atoms with Crippen molar-refractivity contribution in [2.24, 2.45) is 5.92 Å². The Morgan fingerprint density at radius 3 is 1.91 bits per heavy atom. The predicted octanol–water partition coefficient (Wildman–Crippen LogP) is 10.1. The van der Waals surface area contributed by atoms with Crippen molar-refractivity contribution in [2.75, 3.05) is 6.61 Å². The first-order valence-corrected chi connectivity index (χ1v) is 15.1. The quantitative estimate of drug-likeness (QED) is 0.123. The molecule has 0 aliphatic rings. The predicted molar refractivity (Wildman–Crippen MR) is 150 cm³/mol. The van der Waals surface area contributed by atoms with Gasteiger partial charge in [0.1, 0.15) is 5.75 Å². The van der Waals surface area contributed by atoms with E-state index < -0.39 is 0 Å².